The van der Waals surface area contributed by atoms with Gasteiger partial charge in [-0.05, 0) is 6.42 Å². The number of rotatable bonds is 3. The van der Waals surface area contributed by atoms with Gasteiger partial charge in [0.05, 0.1) is 31.7 Å². The zero-order valence-electron chi connectivity index (χ0n) is 6.60. The highest BCUT2D eigenvalue weighted by molar-refractivity contribution is 7.85. The molecule has 1 aliphatic heterocycles. The first-order valence-electron chi connectivity index (χ1n) is 3.72. The maximum absolute atomic E-state index is 10.3. The Morgan fingerprint density at radius 1 is 1.42 bits per heavy atom. The molecule has 0 aromatic rings. The van der Waals surface area contributed by atoms with E-state index in [2.05, 4.69) is 0 Å². The highest BCUT2D eigenvalue weighted by Gasteiger charge is 2.16. The summed E-state index contributed by atoms with van der Waals surface area (Å²) >= 11 is 0. The van der Waals surface area contributed by atoms with Gasteiger partial charge in [0, 0.05) is 0 Å². The molecule has 0 spiro atoms. The summed E-state index contributed by atoms with van der Waals surface area (Å²) in [6.45, 7) is 1.47. The third kappa shape index (κ3) is 4.01. The standard InChI is InChI=1S/C6H12O5S/c7-12(8,9)4-1-6-5-10-2-3-11-6/h6H,1-5H2,(H,7,8,9). The summed E-state index contributed by atoms with van der Waals surface area (Å²) in [5, 5.41) is 0. The van der Waals surface area contributed by atoms with Crippen molar-refractivity contribution in [2.45, 2.75) is 12.5 Å². The molecule has 5 nitrogen and oxygen atoms in total. The minimum atomic E-state index is -3.86. The lowest BCUT2D eigenvalue weighted by molar-refractivity contribution is -0.0885. The van der Waals surface area contributed by atoms with Crippen LogP contribution in [0.4, 0.5) is 0 Å². The summed E-state index contributed by atoms with van der Waals surface area (Å²) in [5.74, 6) is -0.263. The Morgan fingerprint density at radius 2 is 2.17 bits per heavy atom. The van der Waals surface area contributed by atoms with Crippen LogP contribution in [0.2, 0.25) is 0 Å². The first kappa shape index (κ1) is 9.91. The monoisotopic (exact) mass is 196 g/mol. The molecule has 6 heteroatoms. The van der Waals surface area contributed by atoms with Gasteiger partial charge in [-0.25, -0.2) is 0 Å². The van der Waals surface area contributed by atoms with Gasteiger partial charge in [-0.3, -0.25) is 4.55 Å². The highest BCUT2D eigenvalue weighted by Crippen LogP contribution is 2.05. The Balaban J connectivity index is 2.22. The van der Waals surface area contributed by atoms with Crippen molar-refractivity contribution >= 4 is 10.1 Å². The van der Waals surface area contributed by atoms with E-state index in [9.17, 15) is 8.42 Å². The van der Waals surface area contributed by atoms with Crippen LogP contribution >= 0.6 is 0 Å². The van der Waals surface area contributed by atoms with Crippen LogP contribution < -0.4 is 0 Å². The second-order valence-corrected chi connectivity index (χ2v) is 4.21. The van der Waals surface area contributed by atoms with Gasteiger partial charge < -0.3 is 9.47 Å². The molecule has 1 fully saturated rings. The van der Waals surface area contributed by atoms with E-state index in [1.165, 1.54) is 0 Å². The lowest BCUT2D eigenvalue weighted by Crippen LogP contribution is -2.30. The third-order valence-electron chi connectivity index (χ3n) is 1.58. The molecule has 0 aromatic carbocycles. The molecule has 1 unspecified atom stereocenters. The summed E-state index contributed by atoms with van der Waals surface area (Å²) in [5.41, 5.74) is 0. The topological polar surface area (TPSA) is 72.8 Å². The third-order valence-corrected chi connectivity index (χ3v) is 2.33. The fraction of sp³-hybridized carbons (Fsp3) is 1.00. The van der Waals surface area contributed by atoms with Gasteiger partial charge in [0.1, 0.15) is 0 Å². The molecular formula is C6H12O5S. The molecule has 1 rings (SSSR count). The quantitative estimate of drug-likeness (QED) is 0.626. The molecule has 0 aromatic heterocycles. The second-order valence-electron chi connectivity index (χ2n) is 2.64. The van der Waals surface area contributed by atoms with E-state index in [0.717, 1.165) is 0 Å². The van der Waals surface area contributed by atoms with Gasteiger partial charge in [-0.15, -0.1) is 0 Å². The molecule has 0 aliphatic carbocycles. The van der Waals surface area contributed by atoms with Crippen LogP contribution in [0.1, 0.15) is 6.42 Å². The Labute approximate surface area is 71.4 Å². The molecule has 1 heterocycles. The molecule has 12 heavy (non-hydrogen) atoms. The fourth-order valence-electron chi connectivity index (χ4n) is 0.984. The van der Waals surface area contributed by atoms with E-state index in [1.807, 2.05) is 0 Å². The SMILES string of the molecule is O=S(=O)(O)CCC1COCCO1. The molecule has 1 atom stereocenters. The first-order chi connectivity index (χ1) is 5.58. The first-order valence-corrected chi connectivity index (χ1v) is 5.33. The van der Waals surface area contributed by atoms with E-state index in [4.69, 9.17) is 14.0 Å². The van der Waals surface area contributed by atoms with Crippen LogP contribution in [0.25, 0.3) is 0 Å². The van der Waals surface area contributed by atoms with Crippen LogP contribution in [0.5, 0.6) is 0 Å². The average molecular weight is 196 g/mol. The Kier molecular flexibility index (Phi) is 3.45. The van der Waals surface area contributed by atoms with Gasteiger partial charge in [-0.2, -0.15) is 8.42 Å². The van der Waals surface area contributed by atoms with E-state index in [-0.39, 0.29) is 11.9 Å². The van der Waals surface area contributed by atoms with Gasteiger partial charge in [0.15, 0.2) is 0 Å². The number of ether oxygens (including phenoxy) is 2. The molecule has 72 valence electrons. The predicted molar refractivity (Wildman–Crippen MR) is 41.6 cm³/mol. The number of hydrogen-bond donors (Lipinski definition) is 1. The molecule has 0 amide bonds. The molecule has 1 aliphatic rings. The lowest BCUT2D eigenvalue weighted by atomic mass is 10.3. The molecular weight excluding hydrogens is 184 g/mol. The lowest BCUT2D eigenvalue weighted by Gasteiger charge is -2.22. The second kappa shape index (κ2) is 4.18. The van der Waals surface area contributed by atoms with Crippen molar-refractivity contribution in [1.29, 1.82) is 0 Å². The van der Waals surface area contributed by atoms with E-state index >= 15 is 0 Å². The van der Waals surface area contributed by atoms with Gasteiger partial charge >= 0.3 is 0 Å². The van der Waals surface area contributed by atoms with Gasteiger partial charge in [0.2, 0.25) is 0 Å². The summed E-state index contributed by atoms with van der Waals surface area (Å²) in [6.07, 6.45) is 0.0967. The number of hydrogen-bond acceptors (Lipinski definition) is 4. The summed E-state index contributed by atoms with van der Waals surface area (Å²) in [7, 11) is -3.86. The van der Waals surface area contributed by atoms with Gasteiger partial charge in [-0.1, -0.05) is 0 Å². The molecule has 0 saturated carbocycles. The molecule has 1 saturated heterocycles. The van der Waals surface area contributed by atoms with Crippen molar-refractivity contribution in [1.82, 2.24) is 0 Å². The highest BCUT2D eigenvalue weighted by atomic mass is 32.2. The van der Waals surface area contributed by atoms with E-state index < -0.39 is 10.1 Å². The van der Waals surface area contributed by atoms with E-state index in [0.29, 0.717) is 26.2 Å². The molecule has 1 N–H and O–H groups in total. The Bertz CT molecular complexity index is 216. The van der Waals surface area contributed by atoms with Crippen molar-refractivity contribution in [3.05, 3.63) is 0 Å². The van der Waals surface area contributed by atoms with Crippen LogP contribution in [0.3, 0.4) is 0 Å². The van der Waals surface area contributed by atoms with Crippen LogP contribution in [-0.4, -0.2) is 44.6 Å². The van der Waals surface area contributed by atoms with Crippen molar-refractivity contribution in [2.24, 2.45) is 0 Å². The van der Waals surface area contributed by atoms with Crippen molar-refractivity contribution in [2.75, 3.05) is 25.6 Å². The summed E-state index contributed by atoms with van der Waals surface area (Å²) < 4.78 is 39.3. The summed E-state index contributed by atoms with van der Waals surface area (Å²) in [4.78, 5) is 0. The minimum absolute atomic E-state index is 0.194. The normalized spacial score (nSPS) is 25.6. The van der Waals surface area contributed by atoms with Crippen LogP contribution in [0, 0.1) is 0 Å². The van der Waals surface area contributed by atoms with Crippen LogP contribution in [0.15, 0.2) is 0 Å². The van der Waals surface area contributed by atoms with Crippen LogP contribution in [-0.2, 0) is 19.6 Å². The van der Waals surface area contributed by atoms with Crippen molar-refractivity contribution in [3.8, 4) is 0 Å². The average Bonchev–Trinajstić information content (AvgIpc) is 2.02. The maximum atomic E-state index is 10.3. The Hall–Kier alpha value is -0.170. The molecule has 0 bridgehead atoms. The molecule has 0 radical (unpaired) electrons. The summed E-state index contributed by atoms with van der Waals surface area (Å²) in [6, 6.07) is 0. The zero-order valence-corrected chi connectivity index (χ0v) is 7.42. The van der Waals surface area contributed by atoms with E-state index in [1.54, 1.807) is 0 Å². The maximum Gasteiger partial charge on any atom is 0.264 e. The Morgan fingerprint density at radius 3 is 2.67 bits per heavy atom. The fourth-order valence-corrected chi connectivity index (χ4v) is 1.54. The van der Waals surface area contributed by atoms with Crippen molar-refractivity contribution < 1.29 is 22.4 Å². The minimum Gasteiger partial charge on any atom is -0.376 e. The smallest absolute Gasteiger partial charge is 0.264 e. The van der Waals surface area contributed by atoms with Gasteiger partial charge in [0.25, 0.3) is 10.1 Å². The zero-order chi connectivity index (χ0) is 9.03. The van der Waals surface area contributed by atoms with Crippen molar-refractivity contribution in [3.63, 3.8) is 0 Å². The largest absolute Gasteiger partial charge is 0.376 e. The predicted octanol–water partition coefficient (Wildman–Crippen LogP) is -0.320.